The molecule has 1 aliphatic carbocycles. The van der Waals surface area contributed by atoms with Gasteiger partial charge in [0.2, 0.25) is 0 Å². The third-order valence-electron chi connectivity index (χ3n) is 3.66. The molecule has 0 saturated heterocycles. The van der Waals surface area contributed by atoms with E-state index in [4.69, 9.17) is 0 Å². The van der Waals surface area contributed by atoms with Gasteiger partial charge in [-0.15, -0.1) is 9.24 Å². The fourth-order valence-electron chi connectivity index (χ4n) is 2.17. The van der Waals surface area contributed by atoms with E-state index < -0.39 is 0 Å². The first-order valence-electron chi connectivity index (χ1n) is 6.25. The number of carbonyl (C=O) groups is 1. The van der Waals surface area contributed by atoms with Crippen LogP contribution in [0, 0.1) is 12.8 Å². The van der Waals surface area contributed by atoms with Gasteiger partial charge in [-0.2, -0.15) is 0 Å². The first-order valence-corrected chi connectivity index (χ1v) is 6.83. The molecule has 1 N–H and O–H groups in total. The minimum Gasteiger partial charge on any atom is -0.312 e. The summed E-state index contributed by atoms with van der Waals surface area (Å²) in [6, 6.07) is 4.13. The van der Waals surface area contributed by atoms with Crippen molar-refractivity contribution in [3.8, 4) is 0 Å². The highest BCUT2D eigenvalue weighted by molar-refractivity contribution is 7.27. The molecule has 0 aliphatic heterocycles. The molecule has 0 bridgehead atoms. The van der Waals surface area contributed by atoms with Crippen molar-refractivity contribution in [2.24, 2.45) is 5.92 Å². The van der Waals surface area contributed by atoms with Crippen LogP contribution in [0.4, 0.5) is 0 Å². The number of hydrogen-bond donors (Lipinski definition) is 1. The molecular weight excluding hydrogens is 229 g/mol. The summed E-state index contributed by atoms with van der Waals surface area (Å²) in [6.45, 7) is 3.95. The Bertz CT molecular complexity index is 413. The van der Waals surface area contributed by atoms with E-state index in [9.17, 15) is 4.79 Å². The third kappa shape index (κ3) is 3.14. The third-order valence-corrected chi connectivity index (χ3v) is 4.26. The summed E-state index contributed by atoms with van der Waals surface area (Å²) in [7, 11) is 2.70. The summed E-state index contributed by atoms with van der Waals surface area (Å²) in [5, 5.41) is 4.60. The molecule has 2 nitrogen and oxygen atoms in total. The Hall–Kier alpha value is -0.720. The molecule has 2 rings (SSSR count). The number of nitrogens with one attached hydrogen (secondary N) is 1. The molecular formula is C14H20NOP. The largest absolute Gasteiger partial charge is 0.312 e. The van der Waals surface area contributed by atoms with Gasteiger partial charge in [0.15, 0.2) is 0 Å². The molecule has 0 aromatic heterocycles. The van der Waals surface area contributed by atoms with Crippen LogP contribution >= 0.6 is 9.24 Å². The Morgan fingerprint density at radius 2 is 2.24 bits per heavy atom. The zero-order chi connectivity index (χ0) is 12.3. The second-order valence-corrected chi connectivity index (χ2v) is 5.57. The van der Waals surface area contributed by atoms with Crippen molar-refractivity contribution in [2.45, 2.75) is 32.7 Å². The quantitative estimate of drug-likeness (QED) is 0.640. The monoisotopic (exact) mass is 249 g/mol. The van der Waals surface area contributed by atoms with E-state index in [1.807, 2.05) is 13.0 Å². The Kier molecular flexibility index (Phi) is 4.31. The summed E-state index contributed by atoms with van der Waals surface area (Å²) in [4.78, 5) is 10.9. The van der Waals surface area contributed by atoms with E-state index in [1.54, 1.807) is 0 Å². The summed E-state index contributed by atoms with van der Waals surface area (Å²) >= 11 is 0. The lowest BCUT2D eigenvalue weighted by atomic mass is 9.85. The van der Waals surface area contributed by atoms with Crippen molar-refractivity contribution in [3.63, 3.8) is 0 Å². The average Bonchev–Trinajstić information content (AvgIpc) is 2.26. The van der Waals surface area contributed by atoms with E-state index in [-0.39, 0.29) is 0 Å². The number of aldehydes is 1. The zero-order valence-electron chi connectivity index (χ0n) is 10.3. The molecule has 1 unspecified atom stereocenters. The molecule has 0 radical (unpaired) electrons. The van der Waals surface area contributed by atoms with Crippen LogP contribution in [0.25, 0.3) is 0 Å². The predicted octanol–water partition coefficient (Wildman–Crippen LogP) is 2.20. The zero-order valence-corrected chi connectivity index (χ0v) is 11.5. The van der Waals surface area contributed by atoms with Gasteiger partial charge in [0.25, 0.3) is 0 Å². The van der Waals surface area contributed by atoms with Gasteiger partial charge in [-0.05, 0) is 54.7 Å². The second kappa shape index (κ2) is 5.75. The lowest BCUT2D eigenvalue weighted by molar-refractivity contribution is 0.112. The minimum absolute atomic E-state index is 0.804. The molecule has 3 heteroatoms. The van der Waals surface area contributed by atoms with Crippen LogP contribution in [0.5, 0.6) is 0 Å². The number of carbonyl (C=O) groups excluding carboxylic acids is 1. The first-order chi connectivity index (χ1) is 8.20. The van der Waals surface area contributed by atoms with Crippen LogP contribution in [0.2, 0.25) is 0 Å². The number of rotatable bonds is 5. The van der Waals surface area contributed by atoms with Crippen LogP contribution in [0.15, 0.2) is 12.1 Å². The Balaban J connectivity index is 1.95. The molecule has 17 heavy (non-hydrogen) atoms. The molecule has 1 atom stereocenters. The molecule has 0 amide bonds. The van der Waals surface area contributed by atoms with Crippen LogP contribution in [-0.2, 0) is 6.54 Å². The van der Waals surface area contributed by atoms with Crippen molar-refractivity contribution < 1.29 is 4.79 Å². The topological polar surface area (TPSA) is 29.1 Å². The Labute approximate surface area is 105 Å². The Morgan fingerprint density at radius 3 is 2.82 bits per heavy atom. The fraction of sp³-hybridized carbons (Fsp3) is 0.500. The first kappa shape index (κ1) is 12.7. The van der Waals surface area contributed by atoms with Gasteiger partial charge in [-0.3, -0.25) is 4.79 Å². The van der Waals surface area contributed by atoms with E-state index >= 15 is 0 Å². The summed E-state index contributed by atoms with van der Waals surface area (Å²) < 4.78 is 0. The van der Waals surface area contributed by atoms with Crippen LogP contribution in [0.1, 0.15) is 40.7 Å². The van der Waals surface area contributed by atoms with Crippen LogP contribution < -0.4 is 10.6 Å². The molecule has 1 aromatic rings. The summed E-state index contributed by atoms with van der Waals surface area (Å²) in [6.07, 6.45) is 5.07. The predicted molar refractivity (Wildman–Crippen MR) is 75.0 cm³/mol. The smallest absolute Gasteiger partial charge is 0.150 e. The highest BCUT2D eigenvalue weighted by atomic mass is 31.0. The van der Waals surface area contributed by atoms with Crippen LogP contribution in [0.3, 0.4) is 0 Å². The lowest BCUT2D eigenvalue weighted by Gasteiger charge is -2.25. The highest BCUT2D eigenvalue weighted by Crippen LogP contribution is 2.25. The van der Waals surface area contributed by atoms with Gasteiger partial charge < -0.3 is 5.32 Å². The second-order valence-electron chi connectivity index (χ2n) is 4.94. The van der Waals surface area contributed by atoms with E-state index in [1.165, 1.54) is 24.8 Å². The SMILES string of the molecule is Cc1c(P)cc(CNCC2CCC2)cc1C=O. The van der Waals surface area contributed by atoms with Gasteiger partial charge in [-0.25, -0.2) is 0 Å². The van der Waals surface area contributed by atoms with Crippen molar-refractivity contribution in [3.05, 3.63) is 28.8 Å². The maximum Gasteiger partial charge on any atom is 0.150 e. The highest BCUT2D eigenvalue weighted by Gasteiger charge is 2.16. The minimum atomic E-state index is 0.804. The molecule has 1 aliphatic rings. The van der Waals surface area contributed by atoms with Gasteiger partial charge >= 0.3 is 0 Å². The van der Waals surface area contributed by atoms with E-state index in [2.05, 4.69) is 20.6 Å². The van der Waals surface area contributed by atoms with Gasteiger partial charge in [-0.1, -0.05) is 12.5 Å². The van der Waals surface area contributed by atoms with Crippen LogP contribution in [-0.4, -0.2) is 12.8 Å². The standard InChI is InChI=1S/C14H20NOP/c1-10-13(9-16)5-12(6-14(10)17)8-15-7-11-3-2-4-11/h5-6,9,11,15H,2-4,7-8,17H2,1H3. The van der Waals surface area contributed by atoms with Crippen molar-refractivity contribution >= 4 is 20.8 Å². The molecule has 1 saturated carbocycles. The van der Waals surface area contributed by atoms with Gasteiger partial charge in [0.05, 0.1) is 0 Å². The number of hydrogen-bond acceptors (Lipinski definition) is 2. The Morgan fingerprint density at radius 1 is 1.47 bits per heavy atom. The normalized spacial score (nSPS) is 15.6. The van der Waals surface area contributed by atoms with Crippen molar-refractivity contribution in [2.75, 3.05) is 6.54 Å². The lowest BCUT2D eigenvalue weighted by Crippen LogP contribution is -2.27. The van der Waals surface area contributed by atoms with Crippen molar-refractivity contribution in [1.82, 2.24) is 5.32 Å². The molecule has 0 heterocycles. The average molecular weight is 249 g/mol. The molecule has 1 aromatic carbocycles. The maximum absolute atomic E-state index is 10.9. The maximum atomic E-state index is 10.9. The van der Waals surface area contributed by atoms with Crippen molar-refractivity contribution in [1.29, 1.82) is 0 Å². The summed E-state index contributed by atoms with van der Waals surface area (Å²) in [5.74, 6) is 0.876. The van der Waals surface area contributed by atoms with E-state index in [0.717, 1.165) is 41.7 Å². The molecule has 92 valence electrons. The molecule has 0 spiro atoms. The molecule has 1 fully saturated rings. The van der Waals surface area contributed by atoms with E-state index in [0.29, 0.717) is 0 Å². The fourth-order valence-corrected chi connectivity index (χ4v) is 2.55. The number of benzene rings is 1. The van der Waals surface area contributed by atoms with Gasteiger partial charge in [0.1, 0.15) is 6.29 Å². The van der Waals surface area contributed by atoms with Gasteiger partial charge in [0, 0.05) is 12.1 Å². The summed E-state index contributed by atoms with van der Waals surface area (Å²) in [5.41, 5.74) is 3.06.